The fourth-order valence-electron chi connectivity index (χ4n) is 0.990. The Bertz CT molecular complexity index is 310. The molecule has 0 aromatic carbocycles. The van der Waals surface area contributed by atoms with Gasteiger partial charge in [-0.05, 0) is 6.08 Å². The summed E-state index contributed by atoms with van der Waals surface area (Å²) in [6.45, 7) is 0.714. The molecule has 0 unspecified atom stereocenters. The molecule has 0 saturated carbocycles. The summed E-state index contributed by atoms with van der Waals surface area (Å²) < 4.78 is 3.43. The van der Waals surface area contributed by atoms with E-state index in [1.54, 1.807) is 21.6 Å². The average molecular weight is 159 g/mol. The second-order valence-corrected chi connectivity index (χ2v) is 2.00. The van der Waals surface area contributed by atoms with Crippen LogP contribution in [0, 0.1) is 0 Å². The van der Waals surface area contributed by atoms with Crippen LogP contribution in [-0.4, -0.2) is 9.36 Å². The lowest BCUT2D eigenvalue weighted by atomic mass is 10.6. The SMILES string of the molecule is Cl.O=c1ccn2n1CC=C2. The summed E-state index contributed by atoms with van der Waals surface area (Å²) in [5, 5.41) is 0. The third-order valence-corrected chi connectivity index (χ3v) is 1.44. The van der Waals surface area contributed by atoms with Gasteiger partial charge in [0.1, 0.15) is 0 Å². The zero-order chi connectivity index (χ0) is 6.27. The summed E-state index contributed by atoms with van der Waals surface area (Å²) >= 11 is 0. The minimum Gasteiger partial charge on any atom is -0.268 e. The Morgan fingerprint density at radius 1 is 1.50 bits per heavy atom. The van der Waals surface area contributed by atoms with Gasteiger partial charge in [0.2, 0.25) is 0 Å². The summed E-state index contributed by atoms with van der Waals surface area (Å²) in [6, 6.07) is 1.56. The quantitative estimate of drug-likeness (QED) is 0.542. The van der Waals surface area contributed by atoms with Gasteiger partial charge in [0.15, 0.2) is 0 Å². The molecule has 0 aliphatic carbocycles. The highest BCUT2D eigenvalue weighted by Gasteiger charge is 2.01. The van der Waals surface area contributed by atoms with Crippen LogP contribution in [0.4, 0.5) is 0 Å². The molecule has 54 valence electrons. The number of allylic oxidation sites excluding steroid dienone is 1. The summed E-state index contributed by atoms with van der Waals surface area (Å²) in [5.74, 6) is 0. The first-order valence-electron chi connectivity index (χ1n) is 2.82. The van der Waals surface area contributed by atoms with Crippen molar-refractivity contribution in [1.82, 2.24) is 9.36 Å². The lowest BCUT2D eigenvalue weighted by Crippen LogP contribution is -2.15. The van der Waals surface area contributed by atoms with Gasteiger partial charge in [-0.3, -0.25) is 9.48 Å². The van der Waals surface area contributed by atoms with Crippen molar-refractivity contribution in [1.29, 1.82) is 0 Å². The van der Waals surface area contributed by atoms with Gasteiger partial charge in [0.05, 0.1) is 6.54 Å². The molecule has 1 aliphatic heterocycles. The molecule has 0 N–H and O–H groups in total. The second kappa shape index (κ2) is 2.34. The molecule has 0 radical (unpaired) electrons. The van der Waals surface area contributed by atoms with Gasteiger partial charge in [-0.1, -0.05) is 0 Å². The van der Waals surface area contributed by atoms with E-state index in [9.17, 15) is 4.79 Å². The number of aromatic nitrogens is 2. The first-order chi connectivity index (χ1) is 4.38. The van der Waals surface area contributed by atoms with Gasteiger partial charge in [0, 0.05) is 18.5 Å². The maximum Gasteiger partial charge on any atom is 0.267 e. The Hall–Kier alpha value is -0.960. The van der Waals surface area contributed by atoms with E-state index < -0.39 is 0 Å². The minimum atomic E-state index is 0. The topological polar surface area (TPSA) is 26.9 Å². The van der Waals surface area contributed by atoms with E-state index in [4.69, 9.17) is 0 Å². The first-order valence-corrected chi connectivity index (χ1v) is 2.82. The van der Waals surface area contributed by atoms with Crippen molar-refractivity contribution in [3.8, 4) is 0 Å². The Labute approximate surface area is 64.0 Å². The molecule has 10 heavy (non-hydrogen) atoms. The number of hydrogen-bond acceptors (Lipinski definition) is 1. The molecule has 2 rings (SSSR count). The van der Waals surface area contributed by atoms with Crippen molar-refractivity contribution in [3.05, 3.63) is 28.7 Å². The van der Waals surface area contributed by atoms with Crippen molar-refractivity contribution in [3.63, 3.8) is 0 Å². The lowest BCUT2D eigenvalue weighted by Gasteiger charge is -1.93. The highest BCUT2D eigenvalue weighted by molar-refractivity contribution is 5.85. The van der Waals surface area contributed by atoms with Crippen molar-refractivity contribution in [2.24, 2.45) is 0 Å². The predicted octanol–water partition coefficient (Wildman–Crippen LogP) is 0.556. The normalized spacial score (nSPS) is 12.8. The monoisotopic (exact) mass is 158 g/mol. The van der Waals surface area contributed by atoms with Gasteiger partial charge in [-0.25, -0.2) is 4.68 Å². The van der Waals surface area contributed by atoms with Gasteiger partial charge < -0.3 is 0 Å². The number of halogens is 1. The number of hydrogen-bond donors (Lipinski definition) is 0. The number of rotatable bonds is 0. The summed E-state index contributed by atoms with van der Waals surface area (Å²) in [4.78, 5) is 10.8. The van der Waals surface area contributed by atoms with E-state index in [-0.39, 0.29) is 18.0 Å². The molecule has 0 atom stereocenters. The van der Waals surface area contributed by atoms with Crippen LogP contribution >= 0.6 is 12.4 Å². The van der Waals surface area contributed by atoms with Crippen LogP contribution < -0.4 is 5.56 Å². The van der Waals surface area contributed by atoms with E-state index in [0.717, 1.165) is 0 Å². The van der Waals surface area contributed by atoms with Crippen molar-refractivity contribution >= 4 is 18.6 Å². The van der Waals surface area contributed by atoms with Gasteiger partial charge in [-0.2, -0.15) is 0 Å². The van der Waals surface area contributed by atoms with Crippen LogP contribution in [0.2, 0.25) is 0 Å². The molecule has 0 amide bonds. The summed E-state index contributed by atoms with van der Waals surface area (Å²) in [5.41, 5.74) is 0.0694. The van der Waals surface area contributed by atoms with Crippen molar-refractivity contribution in [2.45, 2.75) is 6.54 Å². The van der Waals surface area contributed by atoms with Crippen LogP contribution in [-0.2, 0) is 6.54 Å². The van der Waals surface area contributed by atoms with Crippen LogP contribution in [0.1, 0.15) is 0 Å². The van der Waals surface area contributed by atoms with Gasteiger partial charge in [0.25, 0.3) is 5.56 Å². The smallest absolute Gasteiger partial charge is 0.267 e. The Morgan fingerprint density at radius 2 is 2.30 bits per heavy atom. The number of fused-ring (bicyclic) bond motifs is 1. The number of nitrogens with zero attached hydrogens (tertiary/aromatic N) is 2. The van der Waals surface area contributed by atoms with E-state index >= 15 is 0 Å². The molecule has 2 heterocycles. The van der Waals surface area contributed by atoms with Crippen molar-refractivity contribution < 1.29 is 0 Å². The molecular formula is C6H7ClN2O. The van der Waals surface area contributed by atoms with Crippen LogP contribution in [0.5, 0.6) is 0 Å². The Kier molecular flexibility index (Phi) is 1.68. The van der Waals surface area contributed by atoms with Crippen LogP contribution in [0.3, 0.4) is 0 Å². The first kappa shape index (κ1) is 7.15. The highest BCUT2D eigenvalue weighted by Crippen LogP contribution is 1.96. The molecule has 0 saturated heterocycles. The second-order valence-electron chi connectivity index (χ2n) is 2.00. The standard InChI is InChI=1S/C6H6N2O.ClH/c9-6-2-5-7-3-1-4-8(6)7;/h1-3,5H,4H2;1H. The third-order valence-electron chi connectivity index (χ3n) is 1.44. The molecular weight excluding hydrogens is 152 g/mol. The fraction of sp³-hybridized carbons (Fsp3) is 0.167. The minimum absolute atomic E-state index is 0. The maximum absolute atomic E-state index is 10.8. The largest absolute Gasteiger partial charge is 0.268 e. The summed E-state index contributed by atoms with van der Waals surface area (Å²) in [7, 11) is 0. The fourth-order valence-corrected chi connectivity index (χ4v) is 0.990. The molecule has 0 spiro atoms. The highest BCUT2D eigenvalue weighted by atomic mass is 35.5. The van der Waals surface area contributed by atoms with Gasteiger partial charge in [-0.15, -0.1) is 12.4 Å². The third kappa shape index (κ3) is 0.789. The van der Waals surface area contributed by atoms with E-state index in [1.807, 2.05) is 12.3 Å². The molecule has 1 aliphatic rings. The molecule has 0 bridgehead atoms. The van der Waals surface area contributed by atoms with E-state index in [0.29, 0.717) is 6.54 Å². The lowest BCUT2D eigenvalue weighted by molar-refractivity contribution is 0.648. The zero-order valence-corrected chi connectivity index (χ0v) is 6.04. The van der Waals surface area contributed by atoms with Gasteiger partial charge >= 0.3 is 0 Å². The van der Waals surface area contributed by atoms with Crippen LogP contribution in [0.15, 0.2) is 23.1 Å². The summed E-state index contributed by atoms with van der Waals surface area (Å²) in [6.07, 6.45) is 5.58. The Balaban J connectivity index is 0.000000500. The molecule has 1 aromatic heterocycles. The average Bonchev–Trinajstić information content (AvgIpc) is 2.35. The molecule has 3 nitrogen and oxygen atoms in total. The zero-order valence-electron chi connectivity index (χ0n) is 5.23. The molecule has 4 heteroatoms. The van der Waals surface area contributed by atoms with Crippen LogP contribution in [0.25, 0.3) is 6.20 Å². The molecule has 0 fully saturated rings. The maximum atomic E-state index is 10.8. The van der Waals surface area contributed by atoms with E-state index in [2.05, 4.69) is 0 Å². The predicted molar refractivity (Wildman–Crippen MR) is 41.3 cm³/mol. The molecule has 1 aromatic rings. The Morgan fingerprint density at radius 3 is 3.00 bits per heavy atom. The van der Waals surface area contributed by atoms with Crippen molar-refractivity contribution in [2.75, 3.05) is 0 Å². The van der Waals surface area contributed by atoms with E-state index in [1.165, 1.54) is 0 Å².